The molecule has 0 bridgehead atoms. The van der Waals surface area contributed by atoms with Crippen LogP contribution in [0.1, 0.15) is 22.3 Å². The molecule has 1 nitrogen and oxygen atoms in total. The zero-order valence-corrected chi connectivity index (χ0v) is 22.2. The van der Waals surface area contributed by atoms with Gasteiger partial charge in [-0.1, -0.05) is 0 Å². The van der Waals surface area contributed by atoms with E-state index in [1.165, 1.54) is 38.2 Å². The molecule has 0 fully saturated rings. The SMILES string of the molecule is COc1cccc(CP(I)(c2ccccc2C)(c2ccccc2C)c2ccccc2C)c1. The van der Waals surface area contributed by atoms with Crippen LogP contribution in [0.3, 0.4) is 0 Å². The Labute approximate surface area is 205 Å². The van der Waals surface area contributed by atoms with E-state index in [-0.39, 0.29) is 0 Å². The fraction of sp³-hybridized carbons (Fsp3) is 0.172. The third kappa shape index (κ3) is 3.78. The van der Waals surface area contributed by atoms with Crippen molar-refractivity contribution in [2.45, 2.75) is 26.9 Å². The molecule has 0 aliphatic heterocycles. The predicted octanol–water partition coefficient (Wildman–Crippen LogP) is 7.00. The number of aryl methyl sites for hydroxylation is 3. The summed E-state index contributed by atoms with van der Waals surface area (Å²) in [5, 5.41) is 4.35. The van der Waals surface area contributed by atoms with Crippen molar-refractivity contribution in [2.75, 3.05) is 7.11 Å². The molecule has 0 atom stereocenters. The monoisotopic (exact) mass is 552 g/mol. The fourth-order valence-corrected chi connectivity index (χ4v) is 16.9. The number of hydrogen-bond acceptors (Lipinski definition) is 1. The van der Waals surface area contributed by atoms with Crippen LogP contribution in [0.15, 0.2) is 97.1 Å². The molecule has 0 radical (unpaired) electrons. The van der Waals surface area contributed by atoms with Crippen molar-refractivity contribution in [1.29, 1.82) is 0 Å². The van der Waals surface area contributed by atoms with Gasteiger partial charge in [-0.3, -0.25) is 0 Å². The minimum atomic E-state index is -2.95. The maximum absolute atomic E-state index is 5.60. The number of rotatable bonds is 6. The Morgan fingerprint density at radius 1 is 0.625 bits per heavy atom. The first-order valence-electron chi connectivity index (χ1n) is 10.9. The van der Waals surface area contributed by atoms with Gasteiger partial charge in [0, 0.05) is 0 Å². The normalized spacial score (nSPS) is 12.7. The molecule has 164 valence electrons. The Morgan fingerprint density at radius 2 is 1.06 bits per heavy atom. The van der Waals surface area contributed by atoms with Crippen LogP contribution >= 0.6 is 26.3 Å². The van der Waals surface area contributed by atoms with Crippen LogP contribution < -0.4 is 20.7 Å². The molecule has 4 rings (SSSR count). The van der Waals surface area contributed by atoms with Gasteiger partial charge in [-0.15, -0.1) is 0 Å². The number of halogens is 1. The molecule has 0 aliphatic rings. The first-order chi connectivity index (χ1) is 15.4. The molecule has 0 saturated heterocycles. The Hall–Kier alpha value is -2.16. The van der Waals surface area contributed by atoms with Gasteiger partial charge in [-0.2, -0.15) is 0 Å². The van der Waals surface area contributed by atoms with Gasteiger partial charge in [0.1, 0.15) is 0 Å². The van der Waals surface area contributed by atoms with E-state index in [1.54, 1.807) is 7.11 Å². The Morgan fingerprint density at radius 3 is 1.47 bits per heavy atom. The molecule has 0 spiro atoms. The average molecular weight is 552 g/mol. The van der Waals surface area contributed by atoms with E-state index < -0.39 is 4.25 Å². The zero-order chi connectivity index (χ0) is 22.8. The quantitative estimate of drug-likeness (QED) is 0.185. The molecule has 4 aromatic rings. The Bertz CT molecular complexity index is 1150. The molecule has 0 unspecified atom stereocenters. The van der Waals surface area contributed by atoms with Gasteiger partial charge in [-0.05, 0) is 0 Å². The molecule has 0 saturated carbocycles. The first kappa shape index (κ1) is 23.0. The van der Waals surface area contributed by atoms with Crippen molar-refractivity contribution in [3.63, 3.8) is 0 Å². The zero-order valence-electron chi connectivity index (χ0n) is 19.2. The van der Waals surface area contributed by atoms with E-state index >= 15 is 0 Å². The average Bonchev–Trinajstić information content (AvgIpc) is 2.80. The molecule has 3 heteroatoms. The van der Waals surface area contributed by atoms with Gasteiger partial charge in [0.05, 0.1) is 0 Å². The molecule has 32 heavy (non-hydrogen) atoms. The topological polar surface area (TPSA) is 9.23 Å². The van der Waals surface area contributed by atoms with E-state index in [1.807, 2.05) is 6.07 Å². The van der Waals surface area contributed by atoms with Crippen molar-refractivity contribution in [2.24, 2.45) is 0 Å². The molecule has 0 amide bonds. The van der Waals surface area contributed by atoms with E-state index in [4.69, 9.17) is 4.74 Å². The third-order valence-corrected chi connectivity index (χ3v) is 17.6. The summed E-state index contributed by atoms with van der Waals surface area (Å²) in [4.78, 5) is 0. The molecular formula is C29H30IOP. The van der Waals surface area contributed by atoms with Crippen molar-refractivity contribution >= 4 is 42.2 Å². The van der Waals surface area contributed by atoms with Crippen LogP contribution in [0.4, 0.5) is 0 Å². The van der Waals surface area contributed by atoms with Crippen LogP contribution in [0, 0.1) is 20.8 Å². The summed E-state index contributed by atoms with van der Waals surface area (Å²) in [6.45, 7) is 6.78. The van der Waals surface area contributed by atoms with Crippen molar-refractivity contribution in [3.8, 4) is 5.75 Å². The van der Waals surface area contributed by atoms with Crippen LogP contribution in [-0.2, 0) is 6.16 Å². The van der Waals surface area contributed by atoms with Crippen LogP contribution in [0.25, 0.3) is 0 Å². The fourth-order valence-electron chi connectivity index (χ4n) is 5.02. The number of hydrogen-bond donors (Lipinski definition) is 0. The van der Waals surface area contributed by atoms with Crippen LogP contribution in [0.5, 0.6) is 5.75 Å². The summed E-state index contributed by atoms with van der Waals surface area (Å²) >= 11 is 2.90. The van der Waals surface area contributed by atoms with Gasteiger partial charge < -0.3 is 0 Å². The predicted molar refractivity (Wildman–Crippen MR) is 150 cm³/mol. The van der Waals surface area contributed by atoms with Crippen LogP contribution in [0.2, 0.25) is 0 Å². The molecular weight excluding hydrogens is 522 g/mol. The van der Waals surface area contributed by atoms with Crippen molar-refractivity contribution in [1.82, 2.24) is 0 Å². The second-order valence-corrected chi connectivity index (χ2v) is 19.1. The third-order valence-electron chi connectivity index (χ3n) is 6.47. The summed E-state index contributed by atoms with van der Waals surface area (Å²) in [7, 11) is 1.74. The standard InChI is InChI=1S/C29H30IOP/c1-22-12-5-8-17-27(22)32(30,28-18-9-6-13-23(28)2,29-19-10-7-14-24(29)3)21-25-15-11-16-26(20-25)31-4/h5-20H,21H2,1-4H3. The summed E-state index contributed by atoms with van der Waals surface area (Å²) in [6.07, 6.45) is 0.934. The molecule has 4 aromatic carbocycles. The second kappa shape index (κ2) is 9.00. The van der Waals surface area contributed by atoms with Crippen molar-refractivity contribution < 1.29 is 4.74 Å². The van der Waals surface area contributed by atoms with E-state index in [9.17, 15) is 0 Å². The van der Waals surface area contributed by atoms with Gasteiger partial charge >= 0.3 is 206 Å². The van der Waals surface area contributed by atoms with Gasteiger partial charge in [0.25, 0.3) is 0 Å². The summed E-state index contributed by atoms with van der Waals surface area (Å²) in [6, 6.07) is 35.5. The van der Waals surface area contributed by atoms with Gasteiger partial charge in [0.2, 0.25) is 0 Å². The van der Waals surface area contributed by atoms with Gasteiger partial charge in [0.15, 0.2) is 0 Å². The number of methoxy groups -OCH3 is 1. The minimum absolute atomic E-state index is 0.906. The summed E-state index contributed by atoms with van der Waals surface area (Å²) in [5.74, 6) is 0.906. The summed E-state index contributed by atoms with van der Waals surface area (Å²) in [5.41, 5.74) is 5.32. The molecule has 0 aromatic heterocycles. The Kier molecular flexibility index (Phi) is 6.47. The van der Waals surface area contributed by atoms with E-state index in [0.29, 0.717) is 0 Å². The molecule has 0 N–H and O–H groups in total. The van der Waals surface area contributed by atoms with Crippen LogP contribution in [-0.4, -0.2) is 7.11 Å². The van der Waals surface area contributed by atoms with E-state index in [0.717, 1.165) is 11.9 Å². The van der Waals surface area contributed by atoms with Gasteiger partial charge in [-0.25, -0.2) is 0 Å². The number of ether oxygens (including phenoxy) is 1. The number of benzene rings is 4. The van der Waals surface area contributed by atoms with E-state index in [2.05, 4.69) is 134 Å². The maximum atomic E-state index is 5.60. The molecule has 0 heterocycles. The second-order valence-electron chi connectivity index (χ2n) is 8.55. The first-order valence-corrected chi connectivity index (χ1v) is 16.1. The molecule has 0 aliphatic carbocycles. The Balaban J connectivity index is 2.19. The van der Waals surface area contributed by atoms with Crippen molar-refractivity contribution in [3.05, 3.63) is 119 Å². The summed E-state index contributed by atoms with van der Waals surface area (Å²) < 4.78 is 2.66.